The van der Waals surface area contributed by atoms with Crippen LogP contribution in [-0.4, -0.2) is 24.2 Å². The van der Waals surface area contributed by atoms with E-state index in [-0.39, 0.29) is 11.1 Å². The number of esters is 1. The highest BCUT2D eigenvalue weighted by Gasteiger charge is 2.18. The van der Waals surface area contributed by atoms with Gasteiger partial charge in [-0.1, -0.05) is 12.1 Å². The number of aromatic carboxylic acids is 1. The van der Waals surface area contributed by atoms with Crippen LogP contribution in [-0.2, 0) is 4.74 Å². The predicted octanol–water partition coefficient (Wildman–Crippen LogP) is 1.48. The fourth-order valence-electron chi connectivity index (χ4n) is 1.22. The number of carboxylic acid groups (broad SMARTS) is 1. The van der Waals surface area contributed by atoms with Crippen molar-refractivity contribution in [3.8, 4) is 0 Å². The minimum absolute atomic E-state index is 0.0307. The van der Waals surface area contributed by atoms with Crippen molar-refractivity contribution in [1.82, 2.24) is 0 Å². The molecule has 0 radical (unpaired) electrons. The molecule has 14 heavy (non-hydrogen) atoms. The zero-order chi connectivity index (χ0) is 10.7. The minimum atomic E-state index is -1.13. The molecule has 0 unspecified atom stereocenters. The molecule has 0 atom stereocenters. The number of hydrogen-bond acceptors (Lipinski definition) is 3. The molecule has 0 aliphatic rings. The molecular formula is C10H10O4. The summed E-state index contributed by atoms with van der Waals surface area (Å²) in [7, 11) is 1.22. The van der Waals surface area contributed by atoms with Crippen molar-refractivity contribution in [3.05, 3.63) is 34.9 Å². The van der Waals surface area contributed by atoms with Gasteiger partial charge in [0.1, 0.15) is 0 Å². The maximum absolute atomic E-state index is 11.3. The molecule has 0 amide bonds. The van der Waals surface area contributed by atoms with Crippen LogP contribution in [0, 0.1) is 6.92 Å². The maximum atomic E-state index is 11.3. The first-order valence-corrected chi connectivity index (χ1v) is 3.99. The highest BCUT2D eigenvalue weighted by molar-refractivity contribution is 6.03. The lowest BCUT2D eigenvalue weighted by molar-refractivity contribution is 0.0582. The van der Waals surface area contributed by atoms with Crippen LogP contribution < -0.4 is 0 Å². The molecule has 0 bridgehead atoms. The molecule has 0 saturated heterocycles. The number of carbonyl (C=O) groups excluding carboxylic acids is 1. The number of benzene rings is 1. The quantitative estimate of drug-likeness (QED) is 0.724. The second-order valence-electron chi connectivity index (χ2n) is 2.79. The summed E-state index contributed by atoms with van der Waals surface area (Å²) >= 11 is 0. The Labute approximate surface area is 81.1 Å². The minimum Gasteiger partial charge on any atom is -0.478 e. The summed E-state index contributed by atoms with van der Waals surface area (Å²) < 4.78 is 4.51. The Balaban J connectivity index is 3.36. The first kappa shape index (κ1) is 10.2. The molecule has 1 N–H and O–H groups in total. The van der Waals surface area contributed by atoms with E-state index < -0.39 is 11.9 Å². The van der Waals surface area contributed by atoms with Crippen LogP contribution >= 0.6 is 0 Å². The first-order chi connectivity index (χ1) is 6.57. The Bertz CT molecular complexity index is 382. The van der Waals surface area contributed by atoms with Crippen LogP contribution in [0.25, 0.3) is 0 Å². The first-order valence-electron chi connectivity index (χ1n) is 3.99. The average molecular weight is 194 g/mol. The SMILES string of the molecule is COC(=O)c1c(C)cccc1C(=O)O. The Hall–Kier alpha value is -1.84. The zero-order valence-corrected chi connectivity index (χ0v) is 7.90. The summed E-state index contributed by atoms with van der Waals surface area (Å²) in [6.45, 7) is 1.67. The Kier molecular flexibility index (Phi) is 2.86. The topological polar surface area (TPSA) is 63.6 Å². The summed E-state index contributed by atoms with van der Waals surface area (Å²) in [5, 5.41) is 8.83. The van der Waals surface area contributed by atoms with Gasteiger partial charge in [0.15, 0.2) is 0 Å². The van der Waals surface area contributed by atoms with Crippen LogP contribution in [0.3, 0.4) is 0 Å². The van der Waals surface area contributed by atoms with E-state index in [4.69, 9.17) is 5.11 Å². The third-order valence-electron chi connectivity index (χ3n) is 1.89. The number of rotatable bonds is 2. The fourth-order valence-corrected chi connectivity index (χ4v) is 1.22. The third-order valence-corrected chi connectivity index (χ3v) is 1.89. The summed E-state index contributed by atoms with van der Waals surface area (Å²) in [6, 6.07) is 4.63. The van der Waals surface area contributed by atoms with Crippen LogP contribution in [0.5, 0.6) is 0 Å². The van der Waals surface area contributed by atoms with E-state index in [9.17, 15) is 9.59 Å². The molecule has 4 nitrogen and oxygen atoms in total. The van der Waals surface area contributed by atoms with Crippen molar-refractivity contribution in [2.24, 2.45) is 0 Å². The molecule has 1 rings (SSSR count). The fraction of sp³-hybridized carbons (Fsp3) is 0.200. The van der Waals surface area contributed by atoms with Crippen LogP contribution in [0.15, 0.2) is 18.2 Å². The van der Waals surface area contributed by atoms with E-state index in [1.165, 1.54) is 13.2 Å². The van der Waals surface area contributed by atoms with Gasteiger partial charge in [-0.15, -0.1) is 0 Å². The van der Waals surface area contributed by atoms with Crippen LogP contribution in [0.1, 0.15) is 26.3 Å². The smallest absolute Gasteiger partial charge is 0.339 e. The molecule has 1 aromatic rings. The molecular weight excluding hydrogens is 184 g/mol. The second kappa shape index (κ2) is 3.91. The zero-order valence-electron chi connectivity index (χ0n) is 7.90. The van der Waals surface area contributed by atoms with Gasteiger partial charge in [0.05, 0.1) is 18.2 Å². The van der Waals surface area contributed by atoms with Crippen LogP contribution in [0.2, 0.25) is 0 Å². The number of methoxy groups -OCH3 is 1. The molecule has 74 valence electrons. The molecule has 0 fully saturated rings. The van der Waals surface area contributed by atoms with Gasteiger partial charge in [-0.3, -0.25) is 0 Å². The standard InChI is InChI=1S/C10H10O4/c1-6-4-3-5-7(9(11)12)8(6)10(13)14-2/h3-5H,1-2H3,(H,11,12). The molecule has 0 aliphatic heterocycles. The van der Waals surface area contributed by atoms with Crippen molar-refractivity contribution in [2.45, 2.75) is 6.92 Å². The van der Waals surface area contributed by atoms with E-state index in [0.29, 0.717) is 5.56 Å². The van der Waals surface area contributed by atoms with Crippen molar-refractivity contribution in [3.63, 3.8) is 0 Å². The highest BCUT2D eigenvalue weighted by Crippen LogP contribution is 2.15. The molecule has 0 spiro atoms. The molecule has 0 saturated carbocycles. The summed E-state index contributed by atoms with van der Waals surface area (Å²) in [5.41, 5.74) is 0.677. The monoisotopic (exact) mass is 194 g/mol. The van der Waals surface area contributed by atoms with Gasteiger partial charge in [-0.2, -0.15) is 0 Å². The highest BCUT2D eigenvalue weighted by atomic mass is 16.5. The number of ether oxygens (including phenoxy) is 1. The predicted molar refractivity (Wildman–Crippen MR) is 49.5 cm³/mol. The van der Waals surface area contributed by atoms with Gasteiger partial charge in [0.2, 0.25) is 0 Å². The van der Waals surface area contributed by atoms with Crippen molar-refractivity contribution >= 4 is 11.9 Å². The van der Waals surface area contributed by atoms with Crippen LogP contribution in [0.4, 0.5) is 0 Å². The molecule has 1 aromatic carbocycles. The van der Waals surface area contributed by atoms with E-state index >= 15 is 0 Å². The lowest BCUT2D eigenvalue weighted by Crippen LogP contribution is -2.11. The van der Waals surface area contributed by atoms with Gasteiger partial charge in [0, 0.05) is 0 Å². The molecule has 4 heteroatoms. The van der Waals surface area contributed by atoms with Gasteiger partial charge in [0.25, 0.3) is 0 Å². The van der Waals surface area contributed by atoms with Crippen molar-refractivity contribution < 1.29 is 19.4 Å². The van der Waals surface area contributed by atoms with Gasteiger partial charge in [-0.25, -0.2) is 9.59 Å². The lowest BCUT2D eigenvalue weighted by Gasteiger charge is -2.06. The number of carboxylic acids is 1. The maximum Gasteiger partial charge on any atom is 0.339 e. The van der Waals surface area contributed by atoms with Gasteiger partial charge in [-0.05, 0) is 18.6 Å². The summed E-state index contributed by atoms with van der Waals surface area (Å²) in [5.74, 6) is -1.75. The average Bonchev–Trinajstić information content (AvgIpc) is 2.16. The molecule has 0 aromatic heterocycles. The largest absolute Gasteiger partial charge is 0.478 e. The molecule has 0 heterocycles. The van der Waals surface area contributed by atoms with Crippen molar-refractivity contribution in [2.75, 3.05) is 7.11 Å². The normalized spacial score (nSPS) is 9.57. The van der Waals surface area contributed by atoms with E-state index in [0.717, 1.165) is 0 Å². The third kappa shape index (κ3) is 1.74. The van der Waals surface area contributed by atoms with E-state index in [2.05, 4.69) is 4.74 Å². The second-order valence-corrected chi connectivity index (χ2v) is 2.79. The molecule has 0 aliphatic carbocycles. The Morgan fingerprint density at radius 2 is 2.00 bits per heavy atom. The number of hydrogen-bond donors (Lipinski definition) is 1. The number of aryl methyl sites for hydroxylation is 1. The summed E-state index contributed by atoms with van der Waals surface area (Å²) in [6.07, 6.45) is 0. The van der Waals surface area contributed by atoms with E-state index in [1.54, 1.807) is 19.1 Å². The number of carbonyl (C=O) groups is 2. The Morgan fingerprint density at radius 1 is 1.36 bits per heavy atom. The van der Waals surface area contributed by atoms with Gasteiger partial charge < -0.3 is 9.84 Å². The lowest BCUT2D eigenvalue weighted by atomic mass is 10.0. The van der Waals surface area contributed by atoms with Crippen molar-refractivity contribution in [1.29, 1.82) is 0 Å². The van der Waals surface area contributed by atoms with Gasteiger partial charge >= 0.3 is 11.9 Å². The Morgan fingerprint density at radius 3 is 2.50 bits per heavy atom. The van der Waals surface area contributed by atoms with E-state index in [1.807, 2.05) is 0 Å². The summed E-state index contributed by atoms with van der Waals surface area (Å²) in [4.78, 5) is 22.1.